The van der Waals surface area contributed by atoms with Gasteiger partial charge >= 0.3 is 0 Å². The van der Waals surface area contributed by atoms with E-state index in [2.05, 4.69) is 5.32 Å². The first-order valence-electron chi connectivity index (χ1n) is 10.2. The lowest BCUT2D eigenvalue weighted by Crippen LogP contribution is -2.33. The number of sulfonamides is 1. The van der Waals surface area contributed by atoms with Crippen LogP contribution < -0.4 is 5.32 Å². The summed E-state index contributed by atoms with van der Waals surface area (Å²) in [5, 5.41) is 2.82. The maximum absolute atomic E-state index is 12.5. The maximum atomic E-state index is 12.5. The van der Waals surface area contributed by atoms with Crippen molar-refractivity contribution in [1.29, 1.82) is 0 Å². The van der Waals surface area contributed by atoms with E-state index in [4.69, 9.17) is 0 Å². The number of hydrogen-bond donors (Lipinski definition) is 1. The third-order valence-electron chi connectivity index (χ3n) is 4.78. The van der Waals surface area contributed by atoms with E-state index in [-0.39, 0.29) is 23.3 Å². The lowest BCUT2D eigenvalue weighted by molar-refractivity contribution is -0.129. The number of nitrogens with zero attached hydrogens (tertiary/aromatic N) is 2. The van der Waals surface area contributed by atoms with Crippen molar-refractivity contribution in [2.45, 2.75) is 23.6 Å². The molecule has 2 rings (SSSR count). The Balaban J connectivity index is 1.98. The molecule has 0 unspecified atom stereocenters. The number of carbonyl (C=O) groups is 2. The Morgan fingerprint density at radius 2 is 1.66 bits per heavy atom. The van der Waals surface area contributed by atoms with Gasteiger partial charge in [-0.05, 0) is 42.2 Å². The van der Waals surface area contributed by atoms with Gasteiger partial charge in [0.05, 0.1) is 17.1 Å². The molecule has 32 heavy (non-hydrogen) atoms. The molecule has 0 aliphatic carbocycles. The molecule has 2 aromatic rings. The molecule has 2 amide bonds. The second-order valence-electron chi connectivity index (χ2n) is 6.93. The average Bonchev–Trinajstić information content (AvgIpc) is 2.78. The Bertz CT molecular complexity index is 1060. The summed E-state index contributed by atoms with van der Waals surface area (Å²) in [6, 6.07) is 13.8. The van der Waals surface area contributed by atoms with Crippen molar-refractivity contribution in [2.75, 3.05) is 38.3 Å². The highest BCUT2D eigenvalue weighted by molar-refractivity contribution is 7.98. The Morgan fingerprint density at radius 1 is 1.03 bits per heavy atom. The number of para-hydroxylation sites is 1. The zero-order valence-corrected chi connectivity index (χ0v) is 20.4. The predicted molar refractivity (Wildman–Crippen MR) is 130 cm³/mol. The van der Waals surface area contributed by atoms with Crippen LogP contribution in [-0.2, 0) is 19.6 Å². The van der Waals surface area contributed by atoms with Crippen molar-refractivity contribution < 1.29 is 18.0 Å². The predicted octanol–water partition coefficient (Wildman–Crippen LogP) is 3.55. The quantitative estimate of drug-likeness (QED) is 0.420. The molecule has 0 bridgehead atoms. The summed E-state index contributed by atoms with van der Waals surface area (Å²) >= 11 is 1.53. The minimum atomic E-state index is -3.52. The highest BCUT2D eigenvalue weighted by atomic mass is 32.2. The molecule has 0 saturated carbocycles. The van der Waals surface area contributed by atoms with Crippen LogP contribution in [0.3, 0.4) is 0 Å². The van der Waals surface area contributed by atoms with Gasteiger partial charge in [0.1, 0.15) is 0 Å². The van der Waals surface area contributed by atoms with E-state index in [0.717, 1.165) is 4.90 Å². The molecule has 0 aliphatic rings. The summed E-state index contributed by atoms with van der Waals surface area (Å²) in [6.45, 7) is 4.30. The van der Waals surface area contributed by atoms with Crippen molar-refractivity contribution in [1.82, 2.24) is 9.21 Å². The number of anilines is 1. The Kier molecular flexibility index (Phi) is 9.49. The van der Waals surface area contributed by atoms with Gasteiger partial charge in [-0.3, -0.25) is 9.59 Å². The first-order valence-corrected chi connectivity index (χ1v) is 12.9. The van der Waals surface area contributed by atoms with Gasteiger partial charge in [-0.2, -0.15) is 4.31 Å². The molecule has 0 saturated heterocycles. The molecular weight excluding hydrogens is 446 g/mol. The van der Waals surface area contributed by atoms with E-state index in [1.807, 2.05) is 30.5 Å². The number of thioether (sulfide) groups is 1. The van der Waals surface area contributed by atoms with Crippen molar-refractivity contribution in [3.05, 3.63) is 60.2 Å². The van der Waals surface area contributed by atoms with Crippen LogP contribution in [0.1, 0.15) is 19.4 Å². The molecule has 0 aliphatic heterocycles. The summed E-state index contributed by atoms with van der Waals surface area (Å²) in [4.78, 5) is 27.1. The molecule has 0 atom stereocenters. The summed E-state index contributed by atoms with van der Waals surface area (Å²) in [6.07, 6.45) is 4.88. The fourth-order valence-electron chi connectivity index (χ4n) is 2.99. The molecule has 7 nitrogen and oxygen atoms in total. The van der Waals surface area contributed by atoms with Crippen LogP contribution in [-0.4, -0.2) is 62.4 Å². The minimum Gasteiger partial charge on any atom is -0.333 e. The topological polar surface area (TPSA) is 86.8 Å². The van der Waals surface area contributed by atoms with Gasteiger partial charge in [0.25, 0.3) is 0 Å². The minimum absolute atomic E-state index is 0.0903. The number of benzene rings is 2. The number of amides is 2. The largest absolute Gasteiger partial charge is 0.333 e. The number of rotatable bonds is 10. The molecule has 0 aromatic heterocycles. The van der Waals surface area contributed by atoms with Gasteiger partial charge in [-0.15, -0.1) is 11.8 Å². The summed E-state index contributed by atoms with van der Waals surface area (Å²) in [5.41, 5.74) is 1.39. The fraction of sp³-hybridized carbons (Fsp3) is 0.304. The smallest absolute Gasteiger partial charge is 0.246 e. The van der Waals surface area contributed by atoms with Gasteiger partial charge < -0.3 is 10.2 Å². The molecule has 0 heterocycles. The molecular formula is C23H29N3O4S2. The standard InChI is InChI=1S/C23H29N3O4S2/c1-5-26(6-2)32(29,30)19-14-11-18(12-15-19)13-16-23(28)25(3)17-22(27)24-20-9-7-8-10-21(20)31-4/h7-16H,5-6,17H2,1-4H3,(H,24,27)/b16-13+. The van der Waals surface area contributed by atoms with Gasteiger partial charge in [-0.25, -0.2) is 8.42 Å². The number of likely N-dealkylation sites (N-methyl/N-ethyl adjacent to an activating group) is 1. The first-order chi connectivity index (χ1) is 15.2. The van der Waals surface area contributed by atoms with Crippen LogP contribution >= 0.6 is 11.8 Å². The number of carbonyl (C=O) groups excluding carboxylic acids is 2. The zero-order valence-electron chi connectivity index (χ0n) is 18.7. The lowest BCUT2D eigenvalue weighted by Gasteiger charge is -2.18. The molecule has 0 fully saturated rings. The average molecular weight is 476 g/mol. The van der Waals surface area contributed by atoms with Crippen LogP contribution in [0.2, 0.25) is 0 Å². The van der Waals surface area contributed by atoms with Crippen LogP contribution in [0, 0.1) is 0 Å². The maximum Gasteiger partial charge on any atom is 0.246 e. The SMILES string of the molecule is CCN(CC)S(=O)(=O)c1ccc(/C=C/C(=O)N(C)CC(=O)Nc2ccccc2SC)cc1. The molecule has 2 aromatic carbocycles. The normalized spacial score (nSPS) is 11.7. The van der Waals surface area contributed by atoms with E-state index in [1.54, 1.807) is 39.1 Å². The van der Waals surface area contributed by atoms with Gasteiger partial charge in [0, 0.05) is 31.1 Å². The van der Waals surface area contributed by atoms with Gasteiger partial charge in [0.2, 0.25) is 21.8 Å². The molecule has 9 heteroatoms. The Hall–Kier alpha value is -2.62. The summed E-state index contributed by atoms with van der Waals surface area (Å²) in [7, 11) is -1.97. The van der Waals surface area contributed by atoms with Crippen molar-refractivity contribution >= 4 is 45.4 Å². The van der Waals surface area contributed by atoms with Crippen LogP contribution in [0.25, 0.3) is 6.08 Å². The van der Waals surface area contributed by atoms with E-state index in [1.165, 1.54) is 39.2 Å². The second kappa shape index (κ2) is 11.8. The monoisotopic (exact) mass is 475 g/mol. The number of hydrogen-bond acceptors (Lipinski definition) is 5. The van der Waals surface area contributed by atoms with E-state index in [9.17, 15) is 18.0 Å². The third-order valence-corrected chi connectivity index (χ3v) is 7.64. The first kappa shape index (κ1) is 25.6. The van der Waals surface area contributed by atoms with Crippen LogP contribution in [0.5, 0.6) is 0 Å². The van der Waals surface area contributed by atoms with Crippen molar-refractivity contribution in [2.24, 2.45) is 0 Å². The molecule has 1 N–H and O–H groups in total. The van der Waals surface area contributed by atoms with Crippen molar-refractivity contribution in [3.8, 4) is 0 Å². The molecule has 0 radical (unpaired) electrons. The highest BCUT2D eigenvalue weighted by Crippen LogP contribution is 2.24. The molecule has 172 valence electrons. The van der Waals surface area contributed by atoms with Crippen LogP contribution in [0.4, 0.5) is 5.69 Å². The van der Waals surface area contributed by atoms with Crippen molar-refractivity contribution in [3.63, 3.8) is 0 Å². The third kappa shape index (κ3) is 6.69. The lowest BCUT2D eigenvalue weighted by atomic mass is 10.2. The number of nitrogens with one attached hydrogen (secondary N) is 1. The van der Waals surface area contributed by atoms with Gasteiger partial charge in [0.15, 0.2) is 0 Å². The van der Waals surface area contributed by atoms with E-state index in [0.29, 0.717) is 24.3 Å². The molecule has 0 spiro atoms. The van der Waals surface area contributed by atoms with Crippen LogP contribution in [0.15, 0.2) is 64.4 Å². The Labute approximate surface area is 194 Å². The van der Waals surface area contributed by atoms with Gasteiger partial charge in [-0.1, -0.05) is 38.1 Å². The summed E-state index contributed by atoms with van der Waals surface area (Å²) < 4.78 is 26.5. The van der Waals surface area contributed by atoms with E-state index >= 15 is 0 Å². The fourth-order valence-corrected chi connectivity index (χ4v) is 5.00. The van der Waals surface area contributed by atoms with E-state index < -0.39 is 10.0 Å². The second-order valence-corrected chi connectivity index (χ2v) is 9.72. The Morgan fingerprint density at radius 3 is 2.25 bits per heavy atom. The summed E-state index contributed by atoms with van der Waals surface area (Å²) in [5.74, 6) is -0.625. The zero-order chi connectivity index (χ0) is 23.7. The highest BCUT2D eigenvalue weighted by Gasteiger charge is 2.21.